The van der Waals surface area contributed by atoms with E-state index in [9.17, 15) is 8.42 Å². The van der Waals surface area contributed by atoms with Crippen LogP contribution in [-0.4, -0.2) is 37.1 Å². The third-order valence-electron chi connectivity index (χ3n) is 5.08. The molecular weight excluding hydrogens is 503 g/mol. The van der Waals surface area contributed by atoms with E-state index < -0.39 is 20.8 Å². The van der Waals surface area contributed by atoms with Crippen LogP contribution in [-0.2, 0) is 25.0 Å². The summed E-state index contributed by atoms with van der Waals surface area (Å²) in [4.78, 5) is 0. The summed E-state index contributed by atoms with van der Waals surface area (Å²) in [6.07, 6.45) is 25.7. The predicted molar refractivity (Wildman–Crippen MR) is 141 cm³/mol. The first-order valence-electron chi connectivity index (χ1n) is 13.1. The van der Waals surface area contributed by atoms with Crippen LogP contribution in [0.15, 0.2) is 0 Å². The van der Waals surface area contributed by atoms with Crippen molar-refractivity contribution >= 4 is 20.8 Å². The summed E-state index contributed by atoms with van der Waals surface area (Å²) in [6.45, 7) is 8.43. The average Bonchev–Trinajstić information content (AvgIpc) is 2.72. The van der Waals surface area contributed by atoms with Crippen LogP contribution < -0.4 is 29.6 Å². The Balaban J connectivity index is -0.000000233. The van der Waals surface area contributed by atoms with Gasteiger partial charge in [0.25, 0.3) is 0 Å². The Morgan fingerprint density at radius 3 is 1.06 bits per heavy atom. The zero-order valence-electron chi connectivity index (χ0n) is 22.8. The Labute approximate surface area is 239 Å². The Morgan fingerprint density at radius 2 is 0.800 bits per heavy atom. The minimum absolute atomic E-state index is 0. The van der Waals surface area contributed by atoms with Crippen molar-refractivity contribution in [3.8, 4) is 0 Å². The summed E-state index contributed by atoms with van der Waals surface area (Å²) < 4.78 is 64.6. The molecule has 0 radical (unpaired) electrons. The molecule has 0 bridgehead atoms. The maximum Gasteiger partial charge on any atom is 1.00 e. The van der Waals surface area contributed by atoms with Crippen LogP contribution in [0.25, 0.3) is 0 Å². The van der Waals surface area contributed by atoms with Crippen molar-refractivity contribution in [1.29, 1.82) is 0 Å². The van der Waals surface area contributed by atoms with Gasteiger partial charge in [-0.05, 0) is 6.42 Å². The van der Waals surface area contributed by atoms with Crippen molar-refractivity contribution in [1.82, 2.24) is 0 Å². The molecule has 0 aliphatic carbocycles. The molecule has 0 heterocycles. The van der Waals surface area contributed by atoms with Gasteiger partial charge in [0.2, 0.25) is 0 Å². The van der Waals surface area contributed by atoms with Crippen LogP contribution in [0.1, 0.15) is 142 Å². The van der Waals surface area contributed by atoms with Gasteiger partial charge >= 0.3 is 50.4 Å². The van der Waals surface area contributed by atoms with E-state index in [2.05, 4.69) is 25.0 Å². The fraction of sp³-hybridized carbons (Fsp3) is 0.958. The number of hydrogen-bond donors (Lipinski definition) is 3. The molecule has 0 aliphatic rings. The second kappa shape index (κ2) is 32.8. The second-order valence-corrected chi connectivity index (χ2v) is 10.5. The number of unbranched alkanes of at least 4 members (excludes halogenated alkanes) is 18. The molecular formula is C24H53NaO8S2. The van der Waals surface area contributed by atoms with Crippen LogP contribution in [0.2, 0.25) is 0 Å². The van der Waals surface area contributed by atoms with E-state index in [0.717, 1.165) is 19.3 Å². The summed E-state index contributed by atoms with van der Waals surface area (Å²) in [6, 6.07) is 0. The summed E-state index contributed by atoms with van der Waals surface area (Å²) in [5, 5.41) is 0. The van der Waals surface area contributed by atoms with Gasteiger partial charge in [-0.3, -0.25) is 13.7 Å². The van der Waals surface area contributed by atoms with Gasteiger partial charge in [-0.25, -0.2) is 4.18 Å². The molecule has 0 aromatic rings. The molecule has 0 amide bonds. The van der Waals surface area contributed by atoms with Crippen molar-refractivity contribution < 1.29 is 64.2 Å². The van der Waals surface area contributed by atoms with Gasteiger partial charge in [0.1, 0.15) is 0 Å². The maximum absolute atomic E-state index is 10.2. The van der Waals surface area contributed by atoms with E-state index in [-0.39, 0.29) is 36.2 Å². The number of rotatable bonds is 21. The molecule has 11 heteroatoms. The van der Waals surface area contributed by atoms with E-state index in [1.807, 2.05) is 0 Å². The average molecular weight is 557 g/mol. The van der Waals surface area contributed by atoms with Crippen LogP contribution in [0.3, 0.4) is 0 Å². The summed E-state index contributed by atoms with van der Waals surface area (Å²) in [5.41, 5.74) is 0. The Hall–Kier alpha value is 0.740. The molecule has 0 unspecified atom stereocenters. The molecule has 0 rings (SSSR count). The normalized spacial score (nSPS) is 11.0. The van der Waals surface area contributed by atoms with E-state index >= 15 is 0 Å². The molecule has 3 N–H and O–H groups in total. The van der Waals surface area contributed by atoms with Crippen LogP contribution >= 0.6 is 0 Å². The maximum atomic E-state index is 10.2. The van der Waals surface area contributed by atoms with Gasteiger partial charge in [0.15, 0.2) is 0 Å². The molecule has 0 spiro atoms. The second-order valence-electron chi connectivity index (χ2n) is 8.56. The molecule has 0 atom stereocenters. The van der Waals surface area contributed by atoms with Crippen molar-refractivity contribution in [2.24, 2.45) is 0 Å². The first kappa shape index (κ1) is 42.8. The first-order valence-corrected chi connectivity index (χ1v) is 15.8. The third kappa shape index (κ3) is 66.1. The van der Waals surface area contributed by atoms with Gasteiger partial charge in [-0.15, -0.1) is 0 Å². The molecule has 35 heavy (non-hydrogen) atoms. The van der Waals surface area contributed by atoms with Crippen molar-refractivity contribution in [2.75, 3.05) is 6.61 Å². The molecule has 210 valence electrons. The summed E-state index contributed by atoms with van der Waals surface area (Å²) >= 11 is 0. The van der Waals surface area contributed by atoms with Crippen LogP contribution in [0, 0.1) is 6.92 Å². The summed E-state index contributed by atoms with van der Waals surface area (Å²) in [7, 11) is -8.90. The molecule has 0 aromatic heterocycles. The fourth-order valence-corrected chi connectivity index (χ4v) is 3.57. The standard InChI is InChI=1S/C12H26O4S.C12H25.Na.H2O4S/c1-2-3-4-5-6-7-8-9-10-11-12-16-17(13,14)15;1-3-5-7-9-11-12-10-8-6-4-2;;1-5(2,3)4/h2-12H2,1H3,(H,13,14,15);1,3-12H2,2H3;;(H2,1,2,3,4)/q;-1;+1;. The molecule has 0 aromatic carbocycles. The van der Waals surface area contributed by atoms with Gasteiger partial charge in [0, 0.05) is 0 Å². The molecule has 0 fully saturated rings. The van der Waals surface area contributed by atoms with Gasteiger partial charge < -0.3 is 6.92 Å². The Kier molecular flexibility index (Phi) is 40.1. The smallest absolute Gasteiger partial charge is 0.343 e. The molecule has 0 saturated carbocycles. The minimum Gasteiger partial charge on any atom is -0.343 e. The Bertz CT molecular complexity index is 566. The largest absolute Gasteiger partial charge is 1.00 e. The fourth-order valence-electron chi connectivity index (χ4n) is 3.24. The van der Waals surface area contributed by atoms with Crippen molar-refractivity contribution in [3.63, 3.8) is 0 Å². The van der Waals surface area contributed by atoms with E-state index in [1.165, 1.54) is 103 Å². The van der Waals surface area contributed by atoms with Crippen molar-refractivity contribution in [2.45, 2.75) is 142 Å². The quantitative estimate of drug-likeness (QED) is 0.0792. The molecule has 0 aliphatic heterocycles. The van der Waals surface area contributed by atoms with Crippen molar-refractivity contribution in [3.05, 3.63) is 6.92 Å². The molecule has 8 nitrogen and oxygen atoms in total. The van der Waals surface area contributed by atoms with Gasteiger partial charge in [-0.2, -0.15) is 23.3 Å². The van der Waals surface area contributed by atoms with Crippen LogP contribution in [0.4, 0.5) is 0 Å². The predicted octanol–water partition coefficient (Wildman–Crippen LogP) is 4.82. The van der Waals surface area contributed by atoms with Gasteiger partial charge in [0.05, 0.1) is 6.61 Å². The third-order valence-corrected chi connectivity index (χ3v) is 5.55. The zero-order chi connectivity index (χ0) is 26.6. The van der Waals surface area contributed by atoms with Crippen LogP contribution in [0.5, 0.6) is 0 Å². The monoisotopic (exact) mass is 556 g/mol. The topological polar surface area (TPSA) is 138 Å². The van der Waals surface area contributed by atoms with E-state index in [4.69, 9.17) is 22.1 Å². The first-order chi connectivity index (χ1) is 16.0. The summed E-state index contributed by atoms with van der Waals surface area (Å²) in [5.74, 6) is 0. The Morgan fingerprint density at radius 1 is 0.543 bits per heavy atom. The molecule has 0 saturated heterocycles. The SMILES string of the molecule is CCCCCCCCCCCCOS(=O)(=O)O.O=S(=O)(O)O.[CH2-]CCCCCCCCCCC.[Na+]. The number of hydrogen-bond acceptors (Lipinski definition) is 5. The zero-order valence-corrected chi connectivity index (χ0v) is 26.4. The van der Waals surface area contributed by atoms with Gasteiger partial charge in [-0.1, -0.05) is 129 Å². The van der Waals surface area contributed by atoms with E-state index in [0.29, 0.717) is 6.42 Å². The minimum atomic E-state index is -4.67. The van der Waals surface area contributed by atoms with E-state index in [1.54, 1.807) is 0 Å².